The van der Waals surface area contributed by atoms with Gasteiger partial charge in [-0.25, -0.2) is 0 Å². The molecule has 0 unspecified atom stereocenters. The second-order valence-electron chi connectivity index (χ2n) is 3.28. The molecule has 12 heavy (non-hydrogen) atoms. The van der Waals surface area contributed by atoms with Gasteiger partial charge in [0.05, 0.1) is 0 Å². The average molecular weight is 166 g/mol. The van der Waals surface area contributed by atoms with Gasteiger partial charge in [-0.05, 0) is 20.0 Å². The van der Waals surface area contributed by atoms with Gasteiger partial charge in [-0.3, -0.25) is 0 Å². The van der Waals surface area contributed by atoms with Crippen LogP contribution in [0.15, 0.2) is 24.4 Å². The number of piperazine rings is 1. The topological polar surface area (TPSA) is 6.48 Å². The molecule has 2 nitrogen and oxygen atoms in total. The van der Waals surface area contributed by atoms with Crippen molar-refractivity contribution in [2.24, 2.45) is 0 Å². The van der Waals surface area contributed by atoms with Crippen LogP contribution in [0.4, 0.5) is 0 Å². The highest BCUT2D eigenvalue weighted by molar-refractivity contribution is 5.13. The molecule has 1 rings (SSSR count). The van der Waals surface area contributed by atoms with E-state index in [9.17, 15) is 0 Å². The Morgan fingerprint density at radius 1 is 1.25 bits per heavy atom. The van der Waals surface area contributed by atoms with Crippen LogP contribution in [0.1, 0.15) is 6.92 Å². The van der Waals surface area contributed by atoms with E-state index in [0.29, 0.717) is 0 Å². The summed E-state index contributed by atoms with van der Waals surface area (Å²) in [6.07, 6.45) is 4.12. The first-order valence-corrected chi connectivity index (χ1v) is 4.49. The maximum atomic E-state index is 4.01. The van der Waals surface area contributed by atoms with E-state index in [2.05, 4.69) is 29.5 Å². The van der Waals surface area contributed by atoms with E-state index >= 15 is 0 Å². The Morgan fingerprint density at radius 3 is 2.33 bits per heavy atom. The molecule has 0 amide bonds. The third-order valence-corrected chi connectivity index (χ3v) is 2.27. The summed E-state index contributed by atoms with van der Waals surface area (Å²) in [5.41, 5.74) is 1.14. The predicted molar refractivity (Wildman–Crippen MR) is 53.0 cm³/mol. The van der Waals surface area contributed by atoms with Gasteiger partial charge < -0.3 is 9.80 Å². The molecule has 0 N–H and O–H groups in total. The fourth-order valence-corrected chi connectivity index (χ4v) is 1.39. The number of rotatable bonds is 2. The minimum Gasteiger partial charge on any atom is -0.369 e. The molecule has 1 aliphatic rings. The molecule has 0 atom stereocenters. The molecule has 1 heterocycles. The molecule has 0 aromatic rings. The van der Waals surface area contributed by atoms with Crippen LogP contribution in [0.25, 0.3) is 0 Å². The lowest BCUT2D eigenvalue weighted by molar-refractivity contribution is 0.190. The van der Waals surface area contributed by atoms with E-state index in [1.807, 2.05) is 13.0 Å². The summed E-state index contributed by atoms with van der Waals surface area (Å²) in [5, 5.41) is 0. The maximum absolute atomic E-state index is 4.01. The number of likely N-dealkylation sites (N-methyl/N-ethyl adjacent to an activating group) is 1. The summed E-state index contributed by atoms with van der Waals surface area (Å²) in [6.45, 7) is 10.6. The molecule has 0 bridgehead atoms. The second-order valence-corrected chi connectivity index (χ2v) is 3.28. The number of nitrogens with zero attached hydrogens (tertiary/aromatic N) is 2. The van der Waals surface area contributed by atoms with Crippen molar-refractivity contribution in [3.63, 3.8) is 0 Å². The van der Waals surface area contributed by atoms with Gasteiger partial charge in [0.15, 0.2) is 0 Å². The largest absolute Gasteiger partial charge is 0.369 e. The minimum absolute atomic E-state index is 1.11. The lowest BCUT2D eigenvalue weighted by atomic mass is 10.3. The molecule has 1 fully saturated rings. The van der Waals surface area contributed by atoms with E-state index in [4.69, 9.17) is 0 Å². The standard InChI is InChI=1S/C10H18N2/c1-4-5-10(2)12-8-6-11(3)7-9-12/h4-5H,2,6-9H2,1,3H3/b5-4-. The Bertz CT molecular complexity index is 176. The molecule has 0 spiro atoms. The first-order chi connectivity index (χ1) is 5.74. The van der Waals surface area contributed by atoms with E-state index in [1.165, 1.54) is 0 Å². The van der Waals surface area contributed by atoms with Crippen molar-refractivity contribution in [1.82, 2.24) is 9.80 Å². The van der Waals surface area contributed by atoms with Gasteiger partial charge in [-0.2, -0.15) is 0 Å². The number of allylic oxidation sites excluding steroid dienone is 2. The highest BCUT2D eigenvalue weighted by atomic mass is 15.2. The van der Waals surface area contributed by atoms with Crippen LogP contribution >= 0.6 is 0 Å². The predicted octanol–water partition coefficient (Wildman–Crippen LogP) is 1.32. The van der Waals surface area contributed by atoms with Crippen LogP contribution in [0.5, 0.6) is 0 Å². The Kier molecular flexibility index (Phi) is 3.35. The van der Waals surface area contributed by atoms with E-state index in [1.54, 1.807) is 0 Å². The van der Waals surface area contributed by atoms with Crippen molar-refractivity contribution < 1.29 is 0 Å². The Hall–Kier alpha value is -0.760. The molecule has 0 aliphatic carbocycles. The SMILES string of the molecule is C=C(/C=C\C)N1CCN(C)CC1. The van der Waals surface area contributed by atoms with Crippen molar-refractivity contribution in [3.8, 4) is 0 Å². The van der Waals surface area contributed by atoms with Crippen molar-refractivity contribution in [3.05, 3.63) is 24.4 Å². The Morgan fingerprint density at radius 2 is 1.83 bits per heavy atom. The quantitative estimate of drug-likeness (QED) is 0.571. The smallest absolute Gasteiger partial charge is 0.0306 e. The molecule has 0 aromatic carbocycles. The molecule has 2 heteroatoms. The van der Waals surface area contributed by atoms with Crippen LogP contribution < -0.4 is 0 Å². The van der Waals surface area contributed by atoms with Crippen molar-refractivity contribution in [1.29, 1.82) is 0 Å². The van der Waals surface area contributed by atoms with Gasteiger partial charge in [-0.1, -0.05) is 12.7 Å². The van der Waals surface area contributed by atoms with Gasteiger partial charge in [0.2, 0.25) is 0 Å². The third kappa shape index (κ3) is 2.38. The van der Waals surface area contributed by atoms with Crippen LogP contribution in [-0.4, -0.2) is 43.0 Å². The Balaban J connectivity index is 2.39. The molecule has 0 saturated carbocycles. The fraction of sp³-hybridized carbons (Fsp3) is 0.600. The van der Waals surface area contributed by atoms with E-state index in [0.717, 1.165) is 31.9 Å². The average Bonchev–Trinajstić information content (AvgIpc) is 2.06. The van der Waals surface area contributed by atoms with Crippen molar-refractivity contribution in [2.45, 2.75) is 6.92 Å². The van der Waals surface area contributed by atoms with Crippen LogP contribution in [0, 0.1) is 0 Å². The van der Waals surface area contributed by atoms with Crippen molar-refractivity contribution in [2.75, 3.05) is 33.2 Å². The van der Waals surface area contributed by atoms with Gasteiger partial charge in [-0.15, -0.1) is 0 Å². The zero-order chi connectivity index (χ0) is 8.97. The second kappa shape index (κ2) is 4.31. The summed E-state index contributed by atoms with van der Waals surface area (Å²) in [5.74, 6) is 0. The zero-order valence-electron chi connectivity index (χ0n) is 8.08. The summed E-state index contributed by atoms with van der Waals surface area (Å²) in [6, 6.07) is 0. The lowest BCUT2D eigenvalue weighted by Gasteiger charge is -2.34. The van der Waals surface area contributed by atoms with Gasteiger partial charge in [0.25, 0.3) is 0 Å². The zero-order valence-corrected chi connectivity index (χ0v) is 8.08. The molecular formula is C10H18N2. The first-order valence-electron chi connectivity index (χ1n) is 4.49. The van der Waals surface area contributed by atoms with Crippen LogP contribution in [0.3, 0.4) is 0 Å². The highest BCUT2D eigenvalue weighted by Crippen LogP contribution is 2.07. The van der Waals surface area contributed by atoms with Gasteiger partial charge in [0, 0.05) is 31.9 Å². The normalized spacial score (nSPS) is 20.3. The van der Waals surface area contributed by atoms with Crippen molar-refractivity contribution >= 4 is 0 Å². The highest BCUT2D eigenvalue weighted by Gasteiger charge is 2.12. The summed E-state index contributed by atoms with van der Waals surface area (Å²) >= 11 is 0. The summed E-state index contributed by atoms with van der Waals surface area (Å²) < 4.78 is 0. The molecule has 68 valence electrons. The molecular weight excluding hydrogens is 148 g/mol. The van der Waals surface area contributed by atoms with E-state index in [-0.39, 0.29) is 0 Å². The first kappa shape index (κ1) is 9.33. The maximum Gasteiger partial charge on any atom is 0.0306 e. The fourth-order valence-electron chi connectivity index (χ4n) is 1.39. The monoisotopic (exact) mass is 166 g/mol. The van der Waals surface area contributed by atoms with Gasteiger partial charge >= 0.3 is 0 Å². The number of hydrogen-bond acceptors (Lipinski definition) is 2. The minimum atomic E-state index is 1.11. The molecule has 1 saturated heterocycles. The van der Waals surface area contributed by atoms with Gasteiger partial charge in [0.1, 0.15) is 0 Å². The van der Waals surface area contributed by atoms with Crippen LogP contribution in [-0.2, 0) is 0 Å². The lowest BCUT2D eigenvalue weighted by Crippen LogP contribution is -2.43. The van der Waals surface area contributed by atoms with Crippen LogP contribution in [0.2, 0.25) is 0 Å². The Labute approximate surface area is 75.2 Å². The number of hydrogen-bond donors (Lipinski definition) is 0. The van der Waals surface area contributed by atoms with E-state index < -0.39 is 0 Å². The molecule has 0 radical (unpaired) electrons. The summed E-state index contributed by atoms with van der Waals surface area (Å²) in [4.78, 5) is 4.68. The molecule has 0 aromatic heterocycles. The molecule has 1 aliphatic heterocycles. The summed E-state index contributed by atoms with van der Waals surface area (Å²) in [7, 11) is 2.16. The third-order valence-electron chi connectivity index (χ3n) is 2.27.